The minimum absolute atomic E-state index is 0.0331. The number of amides is 1. The average molecular weight is 363 g/mol. The first-order valence-electron chi connectivity index (χ1n) is 8.56. The number of aryl methyl sites for hydroxylation is 2. The van der Waals surface area contributed by atoms with Crippen LogP contribution in [0.15, 0.2) is 66.7 Å². The van der Waals surface area contributed by atoms with E-state index in [0.717, 1.165) is 28.1 Å². The Morgan fingerprint density at radius 1 is 0.923 bits per heavy atom. The minimum Gasteiger partial charge on any atom is -0.360 e. The zero-order valence-electron chi connectivity index (χ0n) is 14.7. The summed E-state index contributed by atoms with van der Waals surface area (Å²) in [6.07, 6.45) is -0.368. The van der Waals surface area contributed by atoms with Crippen LogP contribution < -0.4 is 10.2 Å². The standard InChI is InChI=1S/C22H19ClN2O/c1-14-11-15(2)13-16(12-14)25-21(17-7-3-5-9-19(17)23)24-20-10-6-4-8-18(20)22(25)26/h3-13,21,24H,1-2H3/t21-/m1/s1. The second kappa shape index (κ2) is 6.50. The van der Waals surface area contributed by atoms with Crippen molar-refractivity contribution in [3.63, 3.8) is 0 Å². The Labute approximate surface area is 158 Å². The van der Waals surface area contributed by atoms with Crippen LogP contribution in [0.25, 0.3) is 0 Å². The number of para-hydroxylation sites is 1. The predicted molar refractivity (Wildman–Crippen MR) is 107 cm³/mol. The van der Waals surface area contributed by atoms with Crippen molar-refractivity contribution in [2.45, 2.75) is 20.0 Å². The molecule has 0 saturated carbocycles. The van der Waals surface area contributed by atoms with Crippen LogP contribution in [0.4, 0.5) is 11.4 Å². The molecule has 3 aromatic carbocycles. The van der Waals surface area contributed by atoms with Gasteiger partial charge in [-0.15, -0.1) is 0 Å². The molecule has 0 unspecified atom stereocenters. The normalized spacial score (nSPS) is 16.2. The van der Waals surface area contributed by atoms with Crippen LogP contribution in [0.2, 0.25) is 5.02 Å². The zero-order valence-corrected chi connectivity index (χ0v) is 15.4. The number of anilines is 2. The first-order chi connectivity index (χ1) is 12.5. The van der Waals surface area contributed by atoms with Crippen LogP contribution in [0.3, 0.4) is 0 Å². The van der Waals surface area contributed by atoms with Crippen molar-refractivity contribution in [3.8, 4) is 0 Å². The first-order valence-corrected chi connectivity index (χ1v) is 8.94. The van der Waals surface area contributed by atoms with Crippen LogP contribution in [0, 0.1) is 13.8 Å². The maximum absolute atomic E-state index is 13.4. The fourth-order valence-corrected chi connectivity index (χ4v) is 3.76. The highest BCUT2D eigenvalue weighted by Gasteiger charge is 2.35. The summed E-state index contributed by atoms with van der Waals surface area (Å²) in [6.45, 7) is 4.08. The van der Waals surface area contributed by atoms with Gasteiger partial charge in [0.1, 0.15) is 6.17 Å². The van der Waals surface area contributed by atoms with Gasteiger partial charge in [-0.25, -0.2) is 0 Å². The zero-order chi connectivity index (χ0) is 18.3. The number of fused-ring (bicyclic) bond motifs is 1. The Morgan fingerprint density at radius 3 is 2.31 bits per heavy atom. The summed E-state index contributed by atoms with van der Waals surface area (Å²) in [4.78, 5) is 15.2. The van der Waals surface area contributed by atoms with E-state index in [1.807, 2.05) is 74.5 Å². The molecule has 1 aliphatic rings. The SMILES string of the molecule is Cc1cc(C)cc(N2C(=O)c3ccccc3N[C@H]2c2ccccc2Cl)c1. The van der Waals surface area contributed by atoms with Gasteiger partial charge in [0, 0.05) is 22.0 Å². The fourth-order valence-electron chi connectivity index (χ4n) is 3.52. The second-order valence-electron chi connectivity index (χ2n) is 6.64. The van der Waals surface area contributed by atoms with E-state index in [-0.39, 0.29) is 12.1 Å². The van der Waals surface area contributed by atoms with Gasteiger partial charge < -0.3 is 5.32 Å². The second-order valence-corrected chi connectivity index (χ2v) is 7.04. The number of hydrogen-bond donors (Lipinski definition) is 1. The summed E-state index contributed by atoms with van der Waals surface area (Å²) in [5.74, 6) is -0.0331. The van der Waals surface area contributed by atoms with Gasteiger partial charge in [-0.3, -0.25) is 9.69 Å². The van der Waals surface area contributed by atoms with E-state index in [9.17, 15) is 4.79 Å². The number of benzene rings is 3. The van der Waals surface area contributed by atoms with E-state index in [2.05, 4.69) is 11.4 Å². The molecule has 3 aromatic rings. The molecule has 1 aliphatic heterocycles. The van der Waals surface area contributed by atoms with E-state index in [0.29, 0.717) is 10.6 Å². The largest absolute Gasteiger partial charge is 0.360 e. The lowest BCUT2D eigenvalue weighted by atomic mass is 10.0. The highest BCUT2D eigenvalue weighted by atomic mass is 35.5. The molecule has 0 saturated heterocycles. The molecule has 0 aromatic heterocycles. The Bertz CT molecular complexity index is 979. The van der Waals surface area contributed by atoms with Gasteiger partial charge in [-0.05, 0) is 55.3 Å². The highest BCUT2D eigenvalue weighted by Crippen LogP contribution is 2.39. The number of carbonyl (C=O) groups excluding carboxylic acids is 1. The lowest BCUT2D eigenvalue weighted by molar-refractivity contribution is 0.0975. The van der Waals surface area contributed by atoms with Crippen molar-refractivity contribution < 1.29 is 4.79 Å². The van der Waals surface area contributed by atoms with E-state index in [1.54, 1.807) is 4.90 Å². The summed E-state index contributed by atoms with van der Waals surface area (Å²) in [5, 5.41) is 4.12. The van der Waals surface area contributed by atoms with E-state index in [4.69, 9.17) is 11.6 Å². The van der Waals surface area contributed by atoms with Gasteiger partial charge >= 0.3 is 0 Å². The van der Waals surface area contributed by atoms with Gasteiger partial charge in [0.05, 0.1) is 5.56 Å². The summed E-state index contributed by atoms with van der Waals surface area (Å²) >= 11 is 6.47. The number of nitrogens with zero attached hydrogens (tertiary/aromatic N) is 1. The molecule has 26 heavy (non-hydrogen) atoms. The van der Waals surface area contributed by atoms with E-state index >= 15 is 0 Å². The summed E-state index contributed by atoms with van der Waals surface area (Å²) in [6, 6.07) is 21.4. The van der Waals surface area contributed by atoms with Crippen molar-refractivity contribution in [3.05, 3.63) is 94.0 Å². The Balaban J connectivity index is 1.92. The molecule has 0 fully saturated rings. The number of hydrogen-bond acceptors (Lipinski definition) is 2. The van der Waals surface area contributed by atoms with E-state index in [1.165, 1.54) is 0 Å². The monoisotopic (exact) mass is 362 g/mol. The highest BCUT2D eigenvalue weighted by molar-refractivity contribution is 6.31. The van der Waals surface area contributed by atoms with Gasteiger partial charge in [0.25, 0.3) is 5.91 Å². The molecular weight excluding hydrogens is 344 g/mol. The van der Waals surface area contributed by atoms with Crippen LogP contribution >= 0.6 is 11.6 Å². The maximum atomic E-state index is 13.4. The summed E-state index contributed by atoms with van der Waals surface area (Å²) in [5.41, 5.74) is 5.45. The van der Waals surface area contributed by atoms with Gasteiger partial charge in [0.2, 0.25) is 0 Å². The van der Waals surface area contributed by atoms with Gasteiger partial charge in [0.15, 0.2) is 0 Å². The molecule has 3 nitrogen and oxygen atoms in total. The molecule has 130 valence electrons. The Morgan fingerprint density at radius 2 is 1.58 bits per heavy atom. The first kappa shape index (κ1) is 16.7. The molecule has 4 heteroatoms. The molecule has 1 amide bonds. The molecule has 0 bridgehead atoms. The third kappa shape index (κ3) is 2.85. The smallest absolute Gasteiger partial charge is 0.262 e. The van der Waals surface area contributed by atoms with Gasteiger partial charge in [-0.1, -0.05) is 48.0 Å². The van der Waals surface area contributed by atoms with Crippen LogP contribution in [0.5, 0.6) is 0 Å². The van der Waals surface area contributed by atoms with Crippen molar-refractivity contribution in [1.82, 2.24) is 0 Å². The van der Waals surface area contributed by atoms with Crippen molar-refractivity contribution in [2.75, 3.05) is 10.2 Å². The maximum Gasteiger partial charge on any atom is 0.262 e. The lowest BCUT2D eigenvalue weighted by Crippen LogP contribution is -2.43. The number of halogens is 1. The predicted octanol–water partition coefficient (Wildman–Crippen LogP) is 5.73. The van der Waals surface area contributed by atoms with Crippen LogP contribution in [-0.4, -0.2) is 5.91 Å². The summed E-state index contributed by atoms with van der Waals surface area (Å²) in [7, 11) is 0. The fraction of sp³-hybridized carbons (Fsp3) is 0.136. The quantitative estimate of drug-likeness (QED) is 0.631. The van der Waals surface area contributed by atoms with Crippen LogP contribution in [0.1, 0.15) is 33.2 Å². The van der Waals surface area contributed by atoms with Crippen molar-refractivity contribution in [1.29, 1.82) is 0 Å². The number of rotatable bonds is 2. The molecule has 4 rings (SSSR count). The lowest BCUT2D eigenvalue weighted by Gasteiger charge is -2.38. The summed E-state index contributed by atoms with van der Waals surface area (Å²) < 4.78 is 0. The Kier molecular flexibility index (Phi) is 4.17. The van der Waals surface area contributed by atoms with Gasteiger partial charge in [-0.2, -0.15) is 0 Å². The van der Waals surface area contributed by atoms with E-state index < -0.39 is 0 Å². The minimum atomic E-state index is -0.368. The van der Waals surface area contributed by atoms with Crippen LogP contribution in [-0.2, 0) is 0 Å². The molecule has 0 radical (unpaired) electrons. The molecule has 1 atom stereocenters. The third-order valence-electron chi connectivity index (χ3n) is 4.61. The topological polar surface area (TPSA) is 32.3 Å². The number of carbonyl (C=O) groups is 1. The van der Waals surface area contributed by atoms with Crippen molar-refractivity contribution in [2.24, 2.45) is 0 Å². The molecule has 0 spiro atoms. The molecule has 1 heterocycles. The van der Waals surface area contributed by atoms with Crippen molar-refractivity contribution >= 4 is 28.9 Å². The number of nitrogens with one attached hydrogen (secondary N) is 1. The molecule has 0 aliphatic carbocycles. The molecular formula is C22H19ClN2O. The average Bonchev–Trinajstić information content (AvgIpc) is 2.61. The molecule has 1 N–H and O–H groups in total. The third-order valence-corrected chi connectivity index (χ3v) is 4.96. The Hall–Kier alpha value is -2.78.